The van der Waals surface area contributed by atoms with Crippen LogP contribution in [-0.2, 0) is 4.74 Å². The average molecular weight is 663 g/mol. The molecule has 1 heterocycles. The van der Waals surface area contributed by atoms with Crippen LogP contribution in [0.2, 0.25) is 0 Å². The number of ketones is 1. The molecular formula is C36H38O12. The summed E-state index contributed by atoms with van der Waals surface area (Å²) in [6, 6.07) is 9.15. The zero-order chi connectivity index (χ0) is 34.8. The molecule has 0 N–H and O–H groups in total. The lowest BCUT2D eigenvalue weighted by atomic mass is 9.92. The Balaban J connectivity index is 1.86. The average Bonchev–Trinajstić information content (AvgIpc) is 3.11. The number of hydrogen-bond donors (Lipinski definition) is 0. The van der Waals surface area contributed by atoms with Gasteiger partial charge in [0.05, 0.1) is 41.1 Å². The van der Waals surface area contributed by atoms with Gasteiger partial charge in [-0.15, -0.1) is 0 Å². The van der Waals surface area contributed by atoms with Crippen LogP contribution >= 0.6 is 0 Å². The fraction of sp³-hybridized carbons (Fsp3) is 0.278. The molecule has 48 heavy (non-hydrogen) atoms. The maximum Gasteiger partial charge on any atom is 0.339 e. The molecule has 0 aliphatic carbocycles. The topological polar surface area (TPSA) is 126 Å². The van der Waals surface area contributed by atoms with E-state index in [4.69, 9.17) is 47.4 Å². The van der Waals surface area contributed by atoms with Gasteiger partial charge in [0, 0.05) is 17.7 Å². The van der Waals surface area contributed by atoms with E-state index in [1.807, 2.05) is 0 Å². The fourth-order valence-corrected chi connectivity index (χ4v) is 4.96. The Bertz CT molecular complexity index is 1620. The third-order valence-electron chi connectivity index (χ3n) is 7.09. The van der Waals surface area contributed by atoms with Crippen molar-refractivity contribution in [3.05, 3.63) is 91.1 Å². The van der Waals surface area contributed by atoms with Crippen LogP contribution in [0.4, 0.5) is 0 Å². The number of benzene rings is 3. The van der Waals surface area contributed by atoms with E-state index < -0.39 is 24.0 Å². The smallest absolute Gasteiger partial charge is 0.339 e. The molecule has 0 radical (unpaired) electrons. The lowest BCUT2D eigenvalue weighted by molar-refractivity contribution is -0.0102. The van der Waals surface area contributed by atoms with E-state index in [0.29, 0.717) is 28.6 Å². The number of ether oxygens (including phenoxy) is 10. The molecule has 12 heteroatoms. The summed E-state index contributed by atoms with van der Waals surface area (Å²) in [5.41, 5.74) is 0.460. The highest BCUT2D eigenvalue weighted by molar-refractivity contribution is 6.07. The summed E-state index contributed by atoms with van der Waals surface area (Å²) in [5, 5.41) is 0. The van der Waals surface area contributed by atoms with E-state index >= 15 is 0 Å². The molecule has 1 aliphatic heterocycles. The molecule has 0 bridgehead atoms. The Labute approximate surface area is 278 Å². The van der Waals surface area contributed by atoms with Crippen molar-refractivity contribution in [2.45, 2.75) is 12.2 Å². The van der Waals surface area contributed by atoms with Gasteiger partial charge in [-0.25, -0.2) is 4.79 Å². The zero-order valence-electron chi connectivity index (χ0n) is 27.5. The molecule has 0 aromatic heterocycles. The quantitative estimate of drug-likeness (QED) is 0.125. The Morgan fingerprint density at radius 2 is 1.25 bits per heavy atom. The van der Waals surface area contributed by atoms with Gasteiger partial charge in [-0.05, 0) is 24.3 Å². The van der Waals surface area contributed by atoms with Crippen LogP contribution in [0.15, 0.2) is 74.4 Å². The van der Waals surface area contributed by atoms with Crippen molar-refractivity contribution in [2.24, 2.45) is 0 Å². The van der Waals surface area contributed by atoms with Gasteiger partial charge in [-0.2, -0.15) is 0 Å². The third kappa shape index (κ3) is 7.27. The van der Waals surface area contributed by atoms with Crippen molar-refractivity contribution in [1.29, 1.82) is 0 Å². The highest BCUT2D eigenvalue weighted by Crippen LogP contribution is 2.47. The summed E-state index contributed by atoms with van der Waals surface area (Å²) in [7, 11) is 7.25. The van der Waals surface area contributed by atoms with E-state index in [1.165, 1.54) is 65.9 Å². The van der Waals surface area contributed by atoms with Crippen molar-refractivity contribution in [3.8, 4) is 51.7 Å². The van der Waals surface area contributed by atoms with E-state index in [2.05, 4.69) is 19.7 Å². The number of fused-ring (bicyclic) bond motifs is 1. The Morgan fingerprint density at radius 3 is 1.75 bits per heavy atom. The highest BCUT2D eigenvalue weighted by Gasteiger charge is 2.44. The van der Waals surface area contributed by atoms with Crippen LogP contribution in [-0.4, -0.2) is 73.2 Å². The van der Waals surface area contributed by atoms with E-state index in [9.17, 15) is 9.59 Å². The summed E-state index contributed by atoms with van der Waals surface area (Å²) >= 11 is 0. The normalized spacial score (nSPS) is 14.7. The molecule has 254 valence electrons. The van der Waals surface area contributed by atoms with Gasteiger partial charge >= 0.3 is 5.97 Å². The minimum atomic E-state index is -1.51. The number of hydrogen-bond acceptors (Lipinski definition) is 12. The fourth-order valence-electron chi connectivity index (χ4n) is 4.96. The van der Waals surface area contributed by atoms with Crippen LogP contribution < -0.4 is 42.6 Å². The third-order valence-corrected chi connectivity index (χ3v) is 7.09. The zero-order valence-corrected chi connectivity index (χ0v) is 27.5. The molecule has 3 aromatic carbocycles. The maximum atomic E-state index is 14.3. The Hall–Kier alpha value is -5.78. The monoisotopic (exact) mass is 662 g/mol. The van der Waals surface area contributed by atoms with E-state index in [1.54, 1.807) is 24.3 Å². The van der Waals surface area contributed by atoms with Gasteiger partial charge in [0.25, 0.3) is 0 Å². The molecule has 2 atom stereocenters. The highest BCUT2D eigenvalue weighted by atomic mass is 16.6. The summed E-state index contributed by atoms with van der Waals surface area (Å²) < 4.78 is 57.3. The van der Waals surface area contributed by atoms with Gasteiger partial charge < -0.3 is 47.4 Å². The largest absolute Gasteiger partial charge is 0.496 e. The van der Waals surface area contributed by atoms with Crippen LogP contribution in [0.5, 0.6) is 51.7 Å². The first-order valence-electron chi connectivity index (χ1n) is 14.7. The molecule has 0 saturated heterocycles. The first-order valence-corrected chi connectivity index (χ1v) is 14.7. The Morgan fingerprint density at radius 1 is 0.688 bits per heavy atom. The summed E-state index contributed by atoms with van der Waals surface area (Å²) in [6.45, 7) is 11.4. The second-order valence-corrected chi connectivity index (χ2v) is 9.99. The maximum absolute atomic E-state index is 14.3. The SMILES string of the molecule is C=CCOc1cc(C(=O)O[C@H]2C(=O)c3c(OC)cc(OC)cc3O[C@@H]2c2cc(OC)c(OC)c(OC)c2)cc(OCC=C)c1OCC=C. The summed E-state index contributed by atoms with van der Waals surface area (Å²) in [5.74, 6) is 0.747. The standard InChI is InChI=1S/C36H38O12/c1-9-12-44-28-17-22(18-29(45-13-10-2)34(28)46-14-11-3)36(38)48-35-31(37)30-24(40-5)19-23(39-4)20-25(30)47-32(35)21-15-26(41-6)33(43-8)27(16-21)42-7/h9-11,15-20,32,35H,1-3,12-14H2,4-8H3/t32-,35+/m1/s1. The number of methoxy groups -OCH3 is 5. The van der Waals surface area contributed by atoms with Crippen molar-refractivity contribution >= 4 is 11.8 Å². The predicted octanol–water partition coefficient (Wildman–Crippen LogP) is 5.97. The molecule has 0 amide bonds. The predicted molar refractivity (Wildman–Crippen MR) is 176 cm³/mol. The number of esters is 1. The van der Waals surface area contributed by atoms with Gasteiger partial charge in [-0.3, -0.25) is 4.79 Å². The lowest BCUT2D eigenvalue weighted by Crippen LogP contribution is -2.40. The number of carbonyl (C=O) groups excluding carboxylic acids is 2. The van der Waals surface area contributed by atoms with Crippen molar-refractivity contribution in [1.82, 2.24) is 0 Å². The molecule has 12 nitrogen and oxygen atoms in total. The van der Waals surface area contributed by atoms with E-state index in [0.717, 1.165) is 0 Å². The van der Waals surface area contributed by atoms with Gasteiger partial charge in [0.15, 0.2) is 29.1 Å². The molecule has 1 aliphatic rings. The summed E-state index contributed by atoms with van der Waals surface area (Å²) in [4.78, 5) is 28.3. The lowest BCUT2D eigenvalue weighted by Gasteiger charge is -2.33. The number of carbonyl (C=O) groups is 2. The first-order chi connectivity index (χ1) is 23.3. The minimum absolute atomic E-state index is 0.00279. The van der Waals surface area contributed by atoms with Crippen LogP contribution in [0.3, 0.4) is 0 Å². The van der Waals surface area contributed by atoms with Gasteiger partial charge in [-0.1, -0.05) is 38.0 Å². The molecule has 0 saturated carbocycles. The molecule has 0 spiro atoms. The number of rotatable bonds is 17. The van der Waals surface area contributed by atoms with Crippen molar-refractivity contribution < 1.29 is 57.0 Å². The second-order valence-electron chi connectivity index (χ2n) is 9.99. The Kier molecular flexibility index (Phi) is 11.8. The van der Waals surface area contributed by atoms with Crippen molar-refractivity contribution in [2.75, 3.05) is 55.4 Å². The van der Waals surface area contributed by atoms with Crippen LogP contribution in [0.1, 0.15) is 32.4 Å². The summed E-state index contributed by atoms with van der Waals surface area (Å²) in [6.07, 6.45) is 1.93. The van der Waals surface area contributed by atoms with E-state index in [-0.39, 0.29) is 59.7 Å². The van der Waals surface area contributed by atoms with Crippen LogP contribution in [0.25, 0.3) is 0 Å². The molecular weight excluding hydrogens is 624 g/mol. The molecule has 0 unspecified atom stereocenters. The molecule has 0 fully saturated rings. The number of Topliss-reactive ketones (excluding diaryl/α,β-unsaturated/α-hetero) is 1. The second kappa shape index (κ2) is 16.2. The van der Waals surface area contributed by atoms with Gasteiger partial charge in [0.1, 0.15) is 42.6 Å². The van der Waals surface area contributed by atoms with Crippen LogP contribution in [0, 0.1) is 0 Å². The molecule has 4 rings (SSSR count). The minimum Gasteiger partial charge on any atom is -0.496 e. The van der Waals surface area contributed by atoms with Crippen molar-refractivity contribution in [3.63, 3.8) is 0 Å². The molecule has 3 aromatic rings. The first kappa shape index (κ1) is 35.1. The van der Waals surface area contributed by atoms with Gasteiger partial charge in [0.2, 0.25) is 23.4 Å².